The van der Waals surface area contributed by atoms with Gasteiger partial charge in [-0.3, -0.25) is 14.7 Å². The smallest absolute Gasteiger partial charge is 0.475 e. The Balaban J connectivity index is 0.000000301. The van der Waals surface area contributed by atoms with Crippen LogP contribution in [-0.4, -0.2) is 82.6 Å². The van der Waals surface area contributed by atoms with Crippen molar-refractivity contribution in [3.05, 3.63) is 42.1 Å². The summed E-state index contributed by atoms with van der Waals surface area (Å²) in [5.74, 6) is -4.91. The Labute approximate surface area is 212 Å². The molecule has 38 heavy (non-hydrogen) atoms. The number of carboxylic acids is 2. The number of pyridine rings is 1. The van der Waals surface area contributed by atoms with Crippen LogP contribution in [-0.2, 0) is 25.7 Å². The van der Waals surface area contributed by atoms with E-state index in [1.807, 2.05) is 12.1 Å². The van der Waals surface area contributed by atoms with E-state index in [2.05, 4.69) is 34.5 Å². The van der Waals surface area contributed by atoms with Crippen molar-refractivity contribution in [1.82, 2.24) is 15.2 Å². The highest BCUT2D eigenvalue weighted by Crippen LogP contribution is 2.34. The Morgan fingerprint density at radius 3 is 2.11 bits per heavy atom. The minimum absolute atomic E-state index is 0.0668. The standard InChI is InChI=1S/C19H23N3O2.2C2HF3O2/c1-20-19(23)9-16-8-14-10-22(12-18(14)24-16)11-15-7-6-13-4-2-3-5-17(13)21-15;2*3-2(4,5)1(6)7/h2-7,14,16,18H,8-12H2,1H3,(H,20,23);2*(H,6,7)/t14-,16-,18+;;/m0../s1. The first-order valence-electron chi connectivity index (χ1n) is 11.1. The Morgan fingerprint density at radius 1 is 1.00 bits per heavy atom. The summed E-state index contributed by atoms with van der Waals surface area (Å²) >= 11 is 0. The van der Waals surface area contributed by atoms with Crippen LogP contribution in [0.4, 0.5) is 26.3 Å². The number of alkyl halides is 6. The quantitative estimate of drug-likeness (QED) is 0.493. The molecule has 3 N–H and O–H groups in total. The Hall–Kier alpha value is -3.46. The summed E-state index contributed by atoms with van der Waals surface area (Å²) in [4.78, 5) is 36.5. The number of halogens is 6. The molecule has 0 spiro atoms. The third kappa shape index (κ3) is 9.45. The monoisotopic (exact) mass is 553 g/mol. The van der Waals surface area contributed by atoms with Gasteiger partial charge >= 0.3 is 24.3 Å². The summed E-state index contributed by atoms with van der Waals surface area (Å²) in [6, 6.07) is 12.5. The molecule has 3 atom stereocenters. The molecule has 2 saturated heterocycles. The minimum atomic E-state index is -5.08. The molecule has 2 aliphatic heterocycles. The fourth-order valence-electron chi connectivity index (χ4n) is 3.94. The lowest BCUT2D eigenvalue weighted by molar-refractivity contribution is -0.193. The zero-order valence-corrected chi connectivity index (χ0v) is 19.9. The van der Waals surface area contributed by atoms with Crippen LogP contribution in [0, 0.1) is 5.92 Å². The van der Waals surface area contributed by atoms with Crippen LogP contribution in [0.1, 0.15) is 18.5 Å². The van der Waals surface area contributed by atoms with Crippen molar-refractivity contribution in [3.8, 4) is 0 Å². The van der Waals surface area contributed by atoms with Gasteiger partial charge in [0.05, 0.1) is 29.8 Å². The second-order valence-corrected chi connectivity index (χ2v) is 8.46. The molecule has 4 rings (SSSR count). The van der Waals surface area contributed by atoms with E-state index in [0.717, 1.165) is 37.3 Å². The van der Waals surface area contributed by atoms with Crippen LogP contribution in [0.5, 0.6) is 0 Å². The lowest BCUT2D eigenvalue weighted by Gasteiger charge is -2.18. The number of amides is 1. The van der Waals surface area contributed by atoms with Gasteiger partial charge in [0, 0.05) is 38.0 Å². The number of para-hydroxylation sites is 1. The van der Waals surface area contributed by atoms with Crippen LogP contribution in [0.15, 0.2) is 36.4 Å². The lowest BCUT2D eigenvalue weighted by Crippen LogP contribution is -2.28. The van der Waals surface area contributed by atoms with E-state index in [-0.39, 0.29) is 18.1 Å². The second kappa shape index (κ2) is 12.9. The van der Waals surface area contributed by atoms with Crippen molar-refractivity contribution >= 4 is 28.7 Å². The Morgan fingerprint density at radius 2 is 1.58 bits per heavy atom. The van der Waals surface area contributed by atoms with E-state index in [0.29, 0.717) is 12.3 Å². The van der Waals surface area contributed by atoms with Gasteiger partial charge in [0.1, 0.15) is 0 Å². The van der Waals surface area contributed by atoms with Crippen LogP contribution in [0.2, 0.25) is 0 Å². The minimum Gasteiger partial charge on any atom is -0.475 e. The Kier molecular flexibility index (Phi) is 10.4. The lowest BCUT2D eigenvalue weighted by atomic mass is 10.0. The fourth-order valence-corrected chi connectivity index (χ4v) is 3.94. The van der Waals surface area contributed by atoms with Gasteiger partial charge < -0.3 is 20.3 Å². The van der Waals surface area contributed by atoms with Gasteiger partial charge in [-0.05, 0) is 18.6 Å². The van der Waals surface area contributed by atoms with Gasteiger partial charge in [-0.1, -0.05) is 24.3 Å². The number of likely N-dealkylation sites (tertiary alicyclic amines) is 1. The number of carboxylic acid groups (broad SMARTS) is 2. The molecule has 15 heteroatoms. The normalized spacial score (nSPS) is 21.0. The number of nitrogens with one attached hydrogen (secondary N) is 1. The first kappa shape index (κ1) is 30.8. The molecule has 9 nitrogen and oxygen atoms in total. The summed E-state index contributed by atoms with van der Waals surface area (Å²) in [6.07, 6.45) is -8.35. The number of rotatable bonds is 4. The van der Waals surface area contributed by atoms with E-state index in [9.17, 15) is 31.1 Å². The second-order valence-electron chi connectivity index (χ2n) is 8.46. The predicted octanol–water partition coefficient (Wildman–Crippen LogP) is 3.23. The van der Waals surface area contributed by atoms with Gasteiger partial charge in [0.15, 0.2) is 0 Å². The molecule has 2 aliphatic rings. The number of hydrogen-bond donors (Lipinski definition) is 3. The van der Waals surface area contributed by atoms with Crippen molar-refractivity contribution in [2.24, 2.45) is 5.92 Å². The van der Waals surface area contributed by atoms with E-state index >= 15 is 0 Å². The van der Waals surface area contributed by atoms with E-state index in [1.54, 1.807) is 7.05 Å². The van der Waals surface area contributed by atoms with Gasteiger partial charge in [0.25, 0.3) is 0 Å². The maximum atomic E-state index is 11.5. The van der Waals surface area contributed by atoms with Gasteiger partial charge in [-0.25, -0.2) is 9.59 Å². The molecule has 0 bridgehead atoms. The highest BCUT2D eigenvalue weighted by atomic mass is 19.4. The third-order valence-corrected chi connectivity index (χ3v) is 5.61. The first-order chi connectivity index (χ1) is 17.6. The van der Waals surface area contributed by atoms with Crippen molar-refractivity contribution in [2.45, 2.75) is 43.9 Å². The summed E-state index contributed by atoms with van der Waals surface area (Å²) in [5, 5.41) is 18.1. The topological polar surface area (TPSA) is 129 Å². The molecule has 210 valence electrons. The molecule has 1 amide bonds. The molecule has 0 unspecified atom stereocenters. The number of carbonyl (C=O) groups is 3. The van der Waals surface area contributed by atoms with Crippen molar-refractivity contribution < 1.29 is 55.7 Å². The summed E-state index contributed by atoms with van der Waals surface area (Å²) in [5.41, 5.74) is 2.16. The van der Waals surface area contributed by atoms with Gasteiger partial charge in [0.2, 0.25) is 5.91 Å². The van der Waals surface area contributed by atoms with Crippen molar-refractivity contribution in [1.29, 1.82) is 0 Å². The highest BCUT2D eigenvalue weighted by molar-refractivity contribution is 5.78. The molecule has 0 aliphatic carbocycles. The van der Waals surface area contributed by atoms with Crippen LogP contribution < -0.4 is 5.32 Å². The molecule has 3 heterocycles. The number of ether oxygens (including phenoxy) is 1. The summed E-state index contributed by atoms with van der Waals surface area (Å²) in [6.45, 7) is 2.83. The van der Waals surface area contributed by atoms with Gasteiger partial charge in [-0.15, -0.1) is 0 Å². The molecule has 2 fully saturated rings. The van der Waals surface area contributed by atoms with Crippen LogP contribution in [0.3, 0.4) is 0 Å². The number of hydrogen-bond acceptors (Lipinski definition) is 6. The zero-order chi connectivity index (χ0) is 28.7. The van der Waals surface area contributed by atoms with Crippen molar-refractivity contribution in [3.63, 3.8) is 0 Å². The first-order valence-corrected chi connectivity index (χ1v) is 11.1. The molecule has 0 radical (unpaired) electrons. The number of nitrogens with zero attached hydrogens (tertiary/aromatic N) is 2. The molecule has 2 aromatic rings. The number of aliphatic carboxylic acids is 2. The maximum Gasteiger partial charge on any atom is 0.490 e. The zero-order valence-electron chi connectivity index (χ0n) is 19.9. The molecular formula is C23H25F6N3O6. The molecule has 0 saturated carbocycles. The largest absolute Gasteiger partial charge is 0.490 e. The van der Waals surface area contributed by atoms with Gasteiger partial charge in [-0.2, -0.15) is 26.3 Å². The summed E-state index contributed by atoms with van der Waals surface area (Å²) < 4.78 is 69.5. The molecular weight excluding hydrogens is 528 g/mol. The fraction of sp³-hybridized carbons (Fsp3) is 0.478. The number of carbonyl (C=O) groups excluding carboxylic acids is 1. The number of benzene rings is 1. The van der Waals surface area contributed by atoms with Crippen molar-refractivity contribution in [2.75, 3.05) is 20.1 Å². The Bertz CT molecular complexity index is 1090. The SMILES string of the molecule is CNC(=O)C[C@@H]1C[C@H]2CN(Cc3ccc4ccccc4n3)C[C@H]2O1.O=C(O)C(F)(F)F.O=C(O)C(F)(F)F. The highest BCUT2D eigenvalue weighted by Gasteiger charge is 2.42. The van der Waals surface area contributed by atoms with Crippen LogP contribution in [0.25, 0.3) is 10.9 Å². The van der Waals surface area contributed by atoms with Crippen LogP contribution >= 0.6 is 0 Å². The third-order valence-electron chi connectivity index (χ3n) is 5.61. The average molecular weight is 553 g/mol. The van der Waals surface area contributed by atoms with E-state index in [1.165, 1.54) is 5.39 Å². The number of aromatic nitrogens is 1. The average Bonchev–Trinajstić information content (AvgIpc) is 3.36. The predicted molar refractivity (Wildman–Crippen MR) is 120 cm³/mol. The molecule has 1 aromatic carbocycles. The molecule has 1 aromatic heterocycles. The maximum absolute atomic E-state index is 11.5. The number of fused-ring (bicyclic) bond motifs is 2. The summed E-state index contributed by atoms with van der Waals surface area (Å²) in [7, 11) is 1.68. The van der Waals surface area contributed by atoms with E-state index < -0.39 is 24.3 Å². The van der Waals surface area contributed by atoms with E-state index in [4.69, 9.17) is 29.5 Å².